The fourth-order valence-corrected chi connectivity index (χ4v) is 2.88. The van der Waals surface area contributed by atoms with E-state index in [4.69, 9.17) is 0 Å². The lowest BCUT2D eigenvalue weighted by Gasteiger charge is -2.37. The van der Waals surface area contributed by atoms with Crippen molar-refractivity contribution >= 4 is 10.0 Å². The van der Waals surface area contributed by atoms with Gasteiger partial charge in [-0.05, 0) is 52.0 Å². The number of nitrogens with one attached hydrogen (secondary N) is 1. The molecule has 0 saturated heterocycles. The minimum absolute atomic E-state index is 0.298. The van der Waals surface area contributed by atoms with Crippen LogP contribution in [0.3, 0.4) is 0 Å². The molecule has 0 saturated carbocycles. The number of hydrogen-bond donors (Lipinski definition) is 2. The Morgan fingerprint density at radius 3 is 1.76 bits per heavy atom. The molecule has 8 heteroatoms. The summed E-state index contributed by atoms with van der Waals surface area (Å²) in [5, 5.41) is 9.93. The van der Waals surface area contributed by atoms with Crippen LogP contribution in [0.4, 0.5) is 13.2 Å². The Hall–Kier alpha value is -1.12. The summed E-state index contributed by atoms with van der Waals surface area (Å²) in [7, 11) is -4.04. The lowest BCUT2D eigenvalue weighted by molar-refractivity contribution is -0.137. The number of halogens is 3. The number of aliphatic hydroxyl groups is 1. The molecule has 1 aromatic carbocycles. The van der Waals surface area contributed by atoms with Gasteiger partial charge in [-0.15, -0.1) is 0 Å². The van der Waals surface area contributed by atoms with E-state index in [-0.39, 0.29) is 4.90 Å². The first kappa shape index (κ1) is 17.9. The molecular formula is C13H18F3NO3S. The third-order valence-corrected chi connectivity index (χ3v) is 5.08. The summed E-state index contributed by atoms with van der Waals surface area (Å²) >= 11 is 0. The average Bonchev–Trinajstić information content (AvgIpc) is 2.25. The zero-order valence-electron chi connectivity index (χ0n) is 12.1. The van der Waals surface area contributed by atoms with E-state index in [0.717, 1.165) is 12.1 Å². The Morgan fingerprint density at radius 1 is 1.00 bits per heavy atom. The fourth-order valence-electron chi connectivity index (χ4n) is 1.34. The summed E-state index contributed by atoms with van der Waals surface area (Å²) < 4.78 is 63.9. The standard InChI is InChI=1S/C13H18F3NO3S/c1-11(2,12(3,4)18)17-21(19,20)10-7-5-9(6-8-10)13(14,15)16/h5-8,17-18H,1-4H3. The maximum Gasteiger partial charge on any atom is 0.416 e. The average molecular weight is 325 g/mol. The second-order valence-electron chi connectivity index (χ2n) is 5.81. The van der Waals surface area contributed by atoms with Crippen molar-refractivity contribution in [1.29, 1.82) is 0 Å². The Kier molecular flexibility index (Phi) is 4.49. The predicted octanol–water partition coefficient (Wildman–Crippen LogP) is 2.53. The molecule has 0 heterocycles. The van der Waals surface area contributed by atoms with E-state index in [1.54, 1.807) is 0 Å². The van der Waals surface area contributed by atoms with Crippen LogP contribution in [0.15, 0.2) is 29.2 Å². The molecule has 1 rings (SSSR count). The van der Waals surface area contributed by atoms with E-state index in [1.165, 1.54) is 27.7 Å². The molecule has 21 heavy (non-hydrogen) atoms. The highest BCUT2D eigenvalue weighted by Gasteiger charge is 2.39. The zero-order valence-corrected chi connectivity index (χ0v) is 12.9. The SMILES string of the molecule is CC(C)(O)C(C)(C)NS(=O)(=O)c1ccc(C(F)(F)F)cc1. The Bertz CT molecular complexity index is 599. The van der Waals surface area contributed by atoms with Crippen LogP contribution in [-0.4, -0.2) is 24.7 Å². The number of benzene rings is 1. The number of alkyl halides is 3. The Morgan fingerprint density at radius 2 is 1.43 bits per heavy atom. The zero-order chi connectivity index (χ0) is 16.7. The molecule has 0 aliphatic rings. The summed E-state index contributed by atoms with van der Waals surface area (Å²) in [5.74, 6) is 0. The monoisotopic (exact) mass is 325 g/mol. The molecule has 0 amide bonds. The van der Waals surface area contributed by atoms with E-state index in [9.17, 15) is 26.7 Å². The second-order valence-corrected chi connectivity index (χ2v) is 7.49. The van der Waals surface area contributed by atoms with Crippen molar-refractivity contribution in [3.63, 3.8) is 0 Å². The maximum absolute atomic E-state index is 12.4. The van der Waals surface area contributed by atoms with E-state index in [0.29, 0.717) is 12.1 Å². The molecule has 0 aliphatic carbocycles. The van der Waals surface area contributed by atoms with Gasteiger partial charge in [-0.3, -0.25) is 0 Å². The van der Waals surface area contributed by atoms with Gasteiger partial charge in [-0.1, -0.05) is 0 Å². The molecule has 1 aromatic rings. The highest BCUT2D eigenvalue weighted by atomic mass is 32.2. The first-order valence-electron chi connectivity index (χ1n) is 6.10. The van der Waals surface area contributed by atoms with Crippen LogP contribution in [0.5, 0.6) is 0 Å². The molecule has 0 unspecified atom stereocenters. The molecule has 120 valence electrons. The predicted molar refractivity (Wildman–Crippen MR) is 72.1 cm³/mol. The van der Waals surface area contributed by atoms with Gasteiger partial charge in [-0.2, -0.15) is 13.2 Å². The van der Waals surface area contributed by atoms with Gasteiger partial charge in [0.15, 0.2) is 0 Å². The quantitative estimate of drug-likeness (QED) is 0.894. The van der Waals surface area contributed by atoms with E-state index in [1.807, 2.05) is 0 Å². The number of sulfonamides is 1. The smallest absolute Gasteiger partial charge is 0.389 e. The molecule has 0 fully saturated rings. The van der Waals surface area contributed by atoms with Gasteiger partial charge in [-0.25, -0.2) is 13.1 Å². The van der Waals surface area contributed by atoms with Crippen LogP contribution in [0.1, 0.15) is 33.3 Å². The highest BCUT2D eigenvalue weighted by Crippen LogP contribution is 2.30. The summed E-state index contributed by atoms with van der Waals surface area (Å²) in [4.78, 5) is -0.298. The summed E-state index contributed by atoms with van der Waals surface area (Å²) in [6.45, 7) is 5.83. The van der Waals surface area contributed by atoms with Crippen molar-refractivity contribution in [3.05, 3.63) is 29.8 Å². The van der Waals surface area contributed by atoms with Crippen molar-refractivity contribution in [2.45, 2.75) is 49.9 Å². The second kappa shape index (κ2) is 5.26. The van der Waals surface area contributed by atoms with Crippen molar-refractivity contribution in [2.75, 3.05) is 0 Å². The van der Waals surface area contributed by atoms with Gasteiger partial charge in [0, 0.05) is 0 Å². The first-order chi connectivity index (χ1) is 9.17. The minimum Gasteiger partial charge on any atom is -0.389 e. The molecule has 0 spiro atoms. The van der Waals surface area contributed by atoms with Crippen LogP contribution in [0, 0.1) is 0 Å². The number of rotatable bonds is 4. The van der Waals surface area contributed by atoms with E-state index >= 15 is 0 Å². The van der Waals surface area contributed by atoms with Crippen molar-refractivity contribution < 1.29 is 26.7 Å². The van der Waals surface area contributed by atoms with Crippen molar-refractivity contribution in [1.82, 2.24) is 4.72 Å². The fraction of sp³-hybridized carbons (Fsp3) is 0.538. The van der Waals surface area contributed by atoms with Gasteiger partial charge in [0.1, 0.15) is 0 Å². The normalized spacial score (nSPS) is 14.3. The molecule has 0 aromatic heterocycles. The molecule has 4 nitrogen and oxygen atoms in total. The Labute approximate surface area is 122 Å². The largest absolute Gasteiger partial charge is 0.416 e. The third-order valence-electron chi connectivity index (χ3n) is 3.41. The van der Waals surface area contributed by atoms with Gasteiger partial charge in [0.2, 0.25) is 10.0 Å². The molecule has 0 atom stereocenters. The minimum atomic E-state index is -4.53. The van der Waals surface area contributed by atoms with Gasteiger partial charge >= 0.3 is 6.18 Å². The molecular weight excluding hydrogens is 307 g/mol. The summed E-state index contributed by atoms with van der Waals surface area (Å²) in [6.07, 6.45) is -4.53. The van der Waals surface area contributed by atoms with Gasteiger partial charge < -0.3 is 5.11 Å². The third kappa shape index (κ3) is 4.18. The van der Waals surface area contributed by atoms with Crippen molar-refractivity contribution in [2.24, 2.45) is 0 Å². The van der Waals surface area contributed by atoms with Crippen LogP contribution < -0.4 is 4.72 Å². The van der Waals surface area contributed by atoms with Crippen molar-refractivity contribution in [3.8, 4) is 0 Å². The maximum atomic E-state index is 12.4. The lowest BCUT2D eigenvalue weighted by atomic mass is 9.87. The topological polar surface area (TPSA) is 66.4 Å². The Balaban J connectivity index is 3.10. The molecule has 0 bridgehead atoms. The first-order valence-corrected chi connectivity index (χ1v) is 7.59. The molecule has 0 radical (unpaired) electrons. The van der Waals surface area contributed by atoms with Gasteiger partial charge in [0.25, 0.3) is 0 Å². The summed E-state index contributed by atoms with van der Waals surface area (Å²) in [6, 6.07) is 3.16. The van der Waals surface area contributed by atoms with E-state index in [2.05, 4.69) is 4.72 Å². The molecule has 0 aliphatic heterocycles. The van der Waals surface area contributed by atoms with Crippen LogP contribution >= 0.6 is 0 Å². The molecule has 2 N–H and O–H groups in total. The van der Waals surface area contributed by atoms with E-state index < -0.39 is 32.9 Å². The van der Waals surface area contributed by atoms with Crippen LogP contribution in [0.2, 0.25) is 0 Å². The van der Waals surface area contributed by atoms with Crippen LogP contribution in [-0.2, 0) is 16.2 Å². The highest BCUT2D eigenvalue weighted by molar-refractivity contribution is 7.89. The number of hydrogen-bond acceptors (Lipinski definition) is 3. The lowest BCUT2D eigenvalue weighted by Crippen LogP contribution is -2.57. The van der Waals surface area contributed by atoms with Crippen LogP contribution in [0.25, 0.3) is 0 Å². The summed E-state index contributed by atoms with van der Waals surface area (Å²) in [5.41, 5.74) is -3.48. The van der Waals surface area contributed by atoms with Gasteiger partial charge in [0.05, 0.1) is 21.6 Å².